The molecule has 1 saturated carbocycles. The summed E-state index contributed by atoms with van der Waals surface area (Å²) in [5.41, 5.74) is 9.96. The van der Waals surface area contributed by atoms with E-state index in [4.69, 9.17) is 10.7 Å². The molecule has 2 aromatic heterocycles. The van der Waals surface area contributed by atoms with E-state index >= 15 is 0 Å². The lowest BCUT2D eigenvalue weighted by Crippen LogP contribution is -2.14. The maximum absolute atomic E-state index is 13.4. The Morgan fingerprint density at radius 2 is 1.81 bits per heavy atom. The normalized spacial score (nSPS) is 14.2. The smallest absolute Gasteiger partial charge is 0.255 e. The zero-order valence-corrected chi connectivity index (χ0v) is 17.3. The number of nitrogens with two attached hydrogens (primary N) is 1. The van der Waals surface area contributed by atoms with Crippen LogP contribution in [0.15, 0.2) is 72.4 Å². The van der Waals surface area contributed by atoms with Crippen molar-refractivity contribution in [3.8, 4) is 11.3 Å². The highest BCUT2D eigenvalue weighted by Crippen LogP contribution is 2.54. The molecule has 1 amide bonds. The van der Waals surface area contributed by atoms with E-state index in [0.29, 0.717) is 11.3 Å². The molecule has 0 atom stereocenters. The van der Waals surface area contributed by atoms with Crippen LogP contribution in [0.5, 0.6) is 0 Å². The van der Waals surface area contributed by atoms with Crippen LogP contribution in [0.1, 0.15) is 33.8 Å². The van der Waals surface area contributed by atoms with Gasteiger partial charge in [0, 0.05) is 34.3 Å². The molecule has 2 aromatic carbocycles. The largest absolute Gasteiger partial charge is 0.397 e. The Morgan fingerprint density at radius 3 is 2.52 bits per heavy atom. The summed E-state index contributed by atoms with van der Waals surface area (Å²) in [6.45, 7) is 0. The SMILES string of the molecule is Nc1ccc(F)cc1NC(=O)c1ccc(C2(c3nc(-c4ccncc4)cs3)CC2)cc1. The van der Waals surface area contributed by atoms with Gasteiger partial charge in [-0.05, 0) is 60.9 Å². The fraction of sp³-hybridized carbons (Fsp3) is 0.125. The number of anilines is 2. The average Bonchev–Trinajstić information content (AvgIpc) is 3.46. The Labute approximate surface area is 182 Å². The van der Waals surface area contributed by atoms with Crippen LogP contribution in [0.2, 0.25) is 0 Å². The van der Waals surface area contributed by atoms with Gasteiger partial charge in [-0.2, -0.15) is 0 Å². The predicted octanol–water partition coefficient (Wildman–Crippen LogP) is 5.26. The maximum Gasteiger partial charge on any atom is 0.255 e. The Balaban J connectivity index is 1.36. The molecule has 0 aliphatic heterocycles. The second kappa shape index (κ2) is 7.59. The van der Waals surface area contributed by atoms with Crippen LogP contribution >= 0.6 is 11.3 Å². The molecule has 7 heteroatoms. The summed E-state index contributed by atoms with van der Waals surface area (Å²) in [7, 11) is 0. The van der Waals surface area contributed by atoms with E-state index in [2.05, 4.69) is 15.7 Å². The van der Waals surface area contributed by atoms with Gasteiger partial charge >= 0.3 is 0 Å². The highest BCUT2D eigenvalue weighted by molar-refractivity contribution is 7.10. The Bertz CT molecular complexity index is 1250. The minimum atomic E-state index is -0.454. The molecule has 0 spiro atoms. The second-order valence-electron chi connectivity index (χ2n) is 7.62. The lowest BCUT2D eigenvalue weighted by atomic mass is 9.95. The van der Waals surface area contributed by atoms with E-state index in [9.17, 15) is 9.18 Å². The molecule has 5 rings (SSSR count). The lowest BCUT2D eigenvalue weighted by molar-refractivity contribution is 0.102. The third-order valence-corrected chi connectivity index (χ3v) is 6.65. The van der Waals surface area contributed by atoms with E-state index in [0.717, 1.165) is 34.7 Å². The maximum atomic E-state index is 13.4. The summed E-state index contributed by atoms with van der Waals surface area (Å²) in [6.07, 6.45) is 5.59. The van der Waals surface area contributed by atoms with Crippen LogP contribution in [0.25, 0.3) is 11.3 Å². The summed E-state index contributed by atoms with van der Waals surface area (Å²) in [5, 5.41) is 5.84. The number of hydrogen-bond donors (Lipinski definition) is 2. The molecule has 154 valence electrons. The van der Waals surface area contributed by atoms with Crippen molar-refractivity contribution < 1.29 is 9.18 Å². The third kappa shape index (κ3) is 3.68. The standard InChI is InChI=1S/C24H19FN4OS/c25-18-5-6-19(26)20(13-18)28-22(30)16-1-3-17(4-2-16)24(9-10-24)23-29-21(14-31-23)15-7-11-27-12-8-15/h1-8,11-14H,9-10,26H2,(H,28,30). The number of nitrogen functional groups attached to an aromatic ring is 1. The highest BCUT2D eigenvalue weighted by atomic mass is 32.1. The third-order valence-electron chi connectivity index (χ3n) is 5.60. The summed E-state index contributed by atoms with van der Waals surface area (Å²) in [5.74, 6) is -0.784. The molecule has 0 saturated heterocycles. The first-order valence-corrected chi connectivity index (χ1v) is 10.8. The first-order valence-electron chi connectivity index (χ1n) is 9.88. The average molecular weight is 431 g/mol. The van der Waals surface area contributed by atoms with Crippen molar-refractivity contribution >= 4 is 28.6 Å². The number of nitrogens with zero attached hydrogens (tertiary/aromatic N) is 2. The first-order chi connectivity index (χ1) is 15.0. The van der Waals surface area contributed by atoms with E-state index < -0.39 is 5.82 Å². The molecule has 31 heavy (non-hydrogen) atoms. The molecule has 1 aliphatic carbocycles. The number of rotatable bonds is 5. The molecule has 0 bridgehead atoms. The number of carbonyl (C=O) groups is 1. The minimum absolute atomic E-state index is 0.0854. The minimum Gasteiger partial charge on any atom is -0.397 e. The van der Waals surface area contributed by atoms with Gasteiger partial charge in [0.2, 0.25) is 0 Å². The monoisotopic (exact) mass is 430 g/mol. The van der Waals surface area contributed by atoms with E-state index in [1.54, 1.807) is 35.9 Å². The van der Waals surface area contributed by atoms with Gasteiger partial charge in [0.25, 0.3) is 5.91 Å². The molecule has 1 fully saturated rings. The van der Waals surface area contributed by atoms with Crippen LogP contribution in [0.3, 0.4) is 0 Å². The fourth-order valence-electron chi connectivity index (χ4n) is 3.67. The van der Waals surface area contributed by atoms with Crippen molar-refractivity contribution in [1.82, 2.24) is 9.97 Å². The van der Waals surface area contributed by atoms with Gasteiger partial charge in [0.15, 0.2) is 0 Å². The van der Waals surface area contributed by atoms with Crippen LogP contribution in [-0.4, -0.2) is 15.9 Å². The lowest BCUT2D eigenvalue weighted by Gasteiger charge is -2.14. The molecule has 1 aliphatic rings. The van der Waals surface area contributed by atoms with Gasteiger partial charge < -0.3 is 11.1 Å². The van der Waals surface area contributed by atoms with Gasteiger partial charge in [-0.25, -0.2) is 9.37 Å². The first kappa shape index (κ1) is 19.4. The quantitative estimate of drug-likeness (QED) is 0.423. The van der Waals surface area contributed by atoms with E-state index in [-0.39, 0.29) is 17.0 Å². The number of halogens is 1. The number of thiazole rings is 1. The molecule has 0 radical (unpaired) electrons. The van der Waals surface area contributed by atoms with Crippen LogP contribution < -0.4 is 11.1 Å². The van der Waals surface area contributed by atoms with Gasteiger partial charge in [-0.3, -0.25) is 9.78 Å². The summed E-state index contributed by atoms with van der Waals surface area (Å²) in [6, 6.07) is 15.3. The van der Waals surface area contributed by atoms with E-state index in [1.807, 2.05) is 24.3 Å². The number of carbonyl (C=O) groups excluding carboxylic acids is 1. The van der Waals surface area contributed by atoms with Crippen molar-refractivity contribution in [3.05, 3.63) is 94.3 Å². The molecule has 5 nitrogen and oxygen atoms in total. The Hall–Kier alpha value is -3.58. The number of nitrogens with one attached hydrogen (secondary N) is 1. The topological polar surface area (TPSA) is 80.9 Å². The number of benzene rings is 2. The molecular formula is C24H19FN4OS. The van der Waals surface area contributed by atoms with Gasteiger partial charge in [-0.1, -0.05) is 12.1 Å². The molecule has 0 unspecified atom stereocenters. The summed E-state index contributed by atoms with van der Waals surface area (Å²) in [4.78, 5) is 21.5. The van der Waals surface area contributed by atoms with Crippen molar-refractivity contribution in [1.29, 1.82) is 0 Å². The summed E-state index contributed by atoms with van der Waals surface area (Å²) < 4.78 is 13.4. The summed E-state index contributed by atoms with van der Waals surface area (Å²) >= 11 is 1.66. The van der Waals surface area contributed by atoms with Gasteiger partial charge in [0.05, 0.1) is 17.1 Å². The van der Waals surface area contributed by atoms with Crippen molar-refractivity contribution in [3.63, 3.8) is 0 Å². The Morgan fingerprint density at radius 1 is 1.06 bits per heavy atom. The van der Waals surface area contributed by atoms with Gasteiger partial charge in [-0.15, -0.1) is 11.3 Å². The zero-order valence-electron chi connectivity index (χ0n) is 16.5. The highest BCUT2D eigenvalue weighted by Gasteiger charge is 2.48. The second-order valence-corrected chi connectivity index (χ2v) is 8.48. The molecular weight excluding hydrogens is 411 g/mol. The van der Waals surface area contributed by atoms with Crippen LogP contribution in [0.4, 0.5) is 15.8 Å². The molecule has 2 heterocycles. The van der Waals surface area contributed by atoms with Crippen LogP contribution in [-0.2, 0) is 5.41 Å². The van der Waals surface area contributed by atoms with Gasteiger partial charge in [0.1, 0.15) is 10.8 Å². The number of aromatic nitrogens is 2. The zero-order chi connectivity index (χ0) is 21.4. The van der Waals surface area contributed by atoms with E-state index in [1.165, 1.54) is 18.2 Å². The van der Waals surface area contributed by atoms with Crippen LogP contribution in [0, 0.1) is 5.82 Å². The van der Waals surface area contributed by atoms with Crippen molar-refractivity contribution in [2.45, 2.75) is 18.3 Å². The Kier molecular flexibility index (Phi) is 4.75. The number of amides is 1. The number of hydrogen-bond acceptors (Lipinski definition) is 5. The molecule has 3 N–H and O–H groups in total. The molecule has 4 aromatic rings. The van der Waals surface area contributed by atoms with Crippen molar-refractivity contribution in [2.75, 3.05) is 11.1 Å². The van der Waals surface area contributed by atoms with Crippen molar-refractivity contribution in [2.24, 2.45) is 0 Å². The number of pyridine rings is 1. The predicted molar refractivity (Wildman–Crippen MR) is 121 cm³/mol. The fourth-order valence-corrected chi connectivity index (χ4v) is 4.78.